The molecule has 1 aromatic carbocycles. The zero-order valence-corrected chi connectivity index (χ0v) is 13.7. The number of nitrogens with zero attached hydrogens (tertiary/aromatic N) is 3. The first-order chi connectivity index (χ1) is 11.2. The average Bonchev–Trinajstić information content (AvgIpc) is 2.97. The Balaban J connectivity index is 2.02. The number of aryl methyl sites for hydroxylation is 1. The smallest absolute Gasteiger partial charge is 0.223 e. The third kappa shape index (κ3) is 4.60. The normalized spacial score (nSPS) is 11.2. The number of hydrogen-bond donors (Lipinski definition) is 2. The minimum absolute atomic E-state index is 0.408. The van der Waals surface area contributed by atoms with Gasteiger partial charge in [0, 0.05) is 25.7 Å². The minimum atomic E-state index is 0.408. The molecular weight excluding hydrogens is 298 g/mol. The van der Waals surface area contributed by atoms with Crippen LogP contribution in [0.4, 0.5) is 5.69 Å². The summed E-state index contributed by atoms with van der Waals surface area (Å²) in [6.07, 6.45) is 0. The lowest BCUT2D eigenvalue weighted by Crippen LogP contribution is -2.30. The Hall–Kier alpha value is -2.77. The highest BCUT2D eigenvalue weighted by molar-refractivity contribution is 5.93. The maximum Gasteiger partial charge on any atom is 0.223 e. The second-order valence-electron chi connectivity index (χ2n) is 4.58. The molecule has 2 aromatic rings. The van der Waals surface area contributed by atoms with Crippen molar-refractivity contribution >= 4 is 11.6 Å². The van der Waals surface area contributed by atoms with Crippen molar-refractivity contribution in [1.82, 2.24) is 15.5 Å². The van der Waals surface area contributed by atoms with Crippen molar-refractivity contribution in [2.75, 3.05) is 26.1 Å². The van der Waals surface area contributed by atoms with Crippen LogP contribution in [0.3, 0.4) is 0 Å². The molecule has 0 fully saturated rings. The number of rotatable bonds is 6. The van der Waals surface area contributed by atoms with E-state index in [-0.39, 0.29) is 0 Å². The van der Waals surface area contributed by atoms with Gasteiger partial charge < -0.3 is 24.6 Å². The Morgan fingerprint density at radius 3 is 2.78 bits per heavy atom. The summed E-state index contributed by atoms with van der Waals surface area (Å²) in [4.78, 5) is 8.29. The van der Waals surface area contributed by atoms with E-state index in [9.17, 15) is 0 Å². The van der Waals surface area contributed by atoms with E-state index in [0.29, 0.717) is 42.3 Å². The van der Waals surface area contributed by atoms with Crippen LogP contribution in [0.1, 0.15) is 18.6 Å². The van der Waals surface area contributed by atoms with Crippen molar-refractivity contribution in [1.29, 1.82) is 0 Å². The average molecular weight is 319 g/mol. The highest BCUT2D eigenvalue weighted by atomic mass is 16.5. The molecule has 2 rings (SSSR count). The lowest BCUT2D eigenvalue weighted by atomic mass is 10.2. The van der Waals surface area contributed by atoms with Gasteiger partial charge in [-0.3, -0.25) is 4.99 Å². The second-order valence-corrected chi connectivity index (χ2v) is 4.58. The molecule has 23 heavy (non-hydrogen) atoms. The van der Waals surface area contributed by atoms with Crippen LogP contribution in [0, 0.1) is 6.92 Å². The topological polar surface area (TPSA) is 93.8 Å². The Kier molecular flexibility index (Phi) is 5.79. The summed E-state index contributed by atoms with van der Waals surface area (Å²) < 4.78 is 15.7. The molecule has 0 radical (unpaired) electrons. The number of benzene rings is 1. The van der Waals surface area contributed by atoms with Crippen molar-refractivity contribution in [3.8, 4) is 11.5 Å². The van der Waals surface area contributed by atoms with Gasteiger partial charge in [-0.25, -0.2) is 0 Å². The van der Waals surface area contributed by atoms with Crippen LogP contribution in [0.15, 0.2) is 27.7 Å². The molecule has 124 valence electrons. The molecule has 8 nitrogen and oxygen atoms in total. The van der Waals surface area contributed by atoms with Crippen molar-refractivity contribution < 1.29 is 14.0 Å². The summed E-state index contributed by atoms with van der Waals surface area (Å²) in [7, 11) is 3.29. The summed E-state index contributed by atoms with van der Waals surface area (Å²) in [6.45, 7) is 4.64. The third-order valence-corrected chi connectivity index (χ3v) is 2.93. The van der Waals surface area contributed by atoms with E-state index in [1.54, 1.807) is 21.1 Å². The molecule has 2 N–H and O–H groups in total. The number of hydrogen-bond acceptors (Lipinski definition) is 6. The Morgan fingerprint density at radius 1 is 1.35 bits per heavy atom. The van der Waals surface area contributed by atoms with Crippen molar-refractivity contribution in [3.63, 3.8) is 0 Å². The van der Waals surface area contributed by atoms with Crippen LogP contribution < -0.4 is 20.1 Å². The van der Waals surface area contributed by atoms with E-state index >= 15 is 0 Å². The number of aromatic nitrogens is 2. The van der Waals surface area contributed by atoms with Gasteiger partial charge in [0.1, 0.15) is 0 Å². The standard InChI is InChI=1S/C15H21N5O3/c1-5-22-13-8-11(6-7-12(13)21-4)19-15(16-3)17-9-14-18-10(2)23-20-14/h6-8H,5,9H2,1-4H3,(H2,16,17,19). The first kappa shape index (κ1) is 16.6. The second kappa shape index (κ2) is 8.02. The van der Waals surface area contributed by atoms with Gasteiger partial charge in [0.05, 0.1) is 20.3 Å². The number of ether oxygens (including phenoxy) is 2. The Bertz CT molecular complexity index is 669. The molecular formula is C15H21N5O3. The van der Waals surface area contributed by atoms with E-state index < -0.39 is 0 Å². The molecule has 0 atom stereocenters. The van der Waals surface area contributed by atoms with E-state index in [2.05, 4.69) is 25.8 Å². The predicted molar refractivity (Wildman–Crippen MR) is 87.0 cm³/mol. The van der Waals surface area contributed by atoms with Crippen molar-refractivity contribution in [2.45, 2.75) is 20.4 Å². The molecule has 0 unspecified atom stereocenters. The van der Waals surface area contributed by atoms with Crippen LogP contribution in [-0.2, 0) is 6.54 Å². The molecule has 0 saturated carbocycles. The summed E-state index contributed by atoms with van der Waals surface area (Å²) >= 11 is 0. The van der Waals surface area contributed by atoms with Crippen LogP contribution in [0.2, 0.25) is 0 Å². The van der Waals surface area contributed by atoms with Gasteiger partial charge >= 0.3 is 0 Å². The number of anilines is 1. The largest absolute Gasteiger partial charge is 0.493 e. The Morgan fingerprint density at radius 2 is 2.17 bits per heavy atom. The molecule has 0 aliphatic heterocycles. The fourth-order valence-electron chi connectivity index (χ4n) is 1.91. The van der Waals surface area contributed by atoms with Gasteiger partial charge in [-0.05, 0) is 19.1 Å². The fourth-order valence-corrected chi connectivity index (χ4v) is 1.91. The summed E-state index contributed by atoms with van der Waals surface area (Å²) in [5, 5.41) is 10.1. The minimum Gasteiger partial charge on any atom is -0.493 e. The van der Waals surface area contributed by atoms with Gasteiger partial charge in [0.2, 0.25) is 5.89 Å². The number of methoxy groups -OCH3 is 1. The molecule has 0 saturated heterocycles. The predicted octanol–water partition coefficient (Wildman–Crippen LogP) is 1.97. The van der Waals surface area contributed by atoms with Gasteiger partial charge in [0.25, 0.3) is 0 Å². The van der Waals surface area contributed by atoms with Crippen LogP contribution >= 0.6 is 0 Å². The first-order valence-electron chi connectivity index (χ1n) is 7.24. The van der Waals surface area contributed by atoms with E-state index in [1.165, 1.54) is 0 Å². The van der Waals surface area contributed by atoms with Gasteiger partial charge in [-0.2, -0.15) is 4.98 Å². The van der Waals surface area contributed by atoms with Crippen molar-refractivity contribution in [2.24, 2.45) is 4.99 Å². The summed E-state index contributed by atoms with van der Waals surface area (Å²) in [5.41, 5.74) is 0.826. The molecule has 0 bridgehead atoms. The molecule has 8 heteroatoms. The zero-order chi connectivity index (χ0) is 16.7. The summed E-state index contributed by atoms with van der Waals surface area (Å²) in [5.74, 6) is 3.03. The van der Waals surface area contributed by atoms with E-state index in [0.717, 1.165) is 5.69 Å². The number of guanidine groups is 1. The lowest BCUT2D eigenvalue weighted by Gasteiger charge is -2.14. The molecule has 0 aliphatic carbocycles. The highest BCUT2D eigenvalue weighted by Crippen LogP contribution is 2.30. The van der Waals surface area contributed by atoms with Crippen LogP contribution in [0.25, 0.3) is 0 Å². The first-order valence-corrected chi connectivity index (χ1v) is 7.24. The molecule has 1 aromatic heterocycles. The number of nitrogens with one attached hydrogen (secondary N) is 2. The van der Waals surface area contributed by atoms with Gasteiger partial charge in [0.15, 0.2) is 23.3 Å². The molecule has 1 heterocycles. The third-order valence-electron chi connectivity index (χ3n) is 2.93. The molecule has 0 spiro atoms. The van der Waals surface area contributed by atoms with Gasteiger partial charge in [-0.1, -0.05) is 5.16 Å². The maximum absolute atomic E-state index is 5.56. The van der Waals surface area contributed by atoms with E-state index in [1.807, 2.05) is 25.1 Å². The Labute approximate surface area is 134 Å². The fraction of sp³-hybridized carbons (Fsp3) is 0.400. The summed E-state index contributed by atoms with van der Waals surface area (Å²) in [6, 6.07) is 5.57. The quantitative estimate of drug-likeness (QED) is 0.621. The lowest BCUT2D eigenvalue weighted by molar-refractivity contribution is 0.311. The van der Waals surface area contributed by atoms with E-state index in [4.69, 9.17) is 14.0 Å². The van der Waals surface area contributed by atoms with Crippen molar-refractivity contribution in [3.05, 3.63) is 29.9 Å². The van der Waals surface area contributed by atoms with Gasteiger partial charge in [-0.15, -0.1) is 0 Å². The zero-order valence-electron chi connectivity index (χ0n) is 13.7. The molecule has 0 aliphatic rings. The highest BCUT2D eigenvalue weighted by Gasteiger charge is 2.08. The van der Waals surface area contributed by atoms with Crippen LogP contribution in [-0.4, -0.2) is 36.9 Å². The number of aliphatic imine (C=N–C) groups is 1. The molecule has 0 amide bonds. The SMILES string of the molecule is CCOc1cc(NC(=NC)NCc2noc(C)n2)ccc1OC. The van der Waals surface area contributed by atoms with Crippen LogP contribution in [0.5, 0.6) is 11.5 Å². The monoisotopic (exact) mass is 319 g/mol. The maximum atomic E-state index is 5.56.